The molecule has 0 amide bonds. The van der Waals surface area contributed by atoms with E-state index in [1.54, 1.807) is 0 Å². The van der Waals surface area contributed by atoms with Gasteiger partial charge in [0.25, 0.3) is 0 Å². The molecule has 0 saturated carbocycles. The fourth-order valence-electron chi connectivity index (χ4n) is 0. The highest BCUT2D eigenvalue weighted by Gasteiger charge is 1.25. The van der Waals surface area contributed by atoms with E-state index in [9.17, 15) is 0 Å². The Morgan fingerprint density at radius 2 is 1.17 bits per heavy atom. The van der Waals surface area contributed by atoms with E-state index in [0.29, 0.717) is 0 Å². The third-order valence-corrected chi connectivity index (χ3v) is 0. The van der Waals surface area contributed by atoms with Gasteiger partial charge >= 0.3 is 0 Å². The van der Waals surface area contributed by atoms with Gasteiger partial charge in [-0.1, -0.05) is 0 Å². The maximum atomic E-state index is 7.00. The van der Waals surface area contributed by atoms with Gasteiger partial charge in [-0.2, -0.15) is 0 Å². The van der Waals surface area contributed by atoms with Gasteiger partial charge in [0.2, 0.25) is 0 Å². The van der Waals surface area contributed by atoms with Crippen LogP contribution in [0.2, 0.25) is 0 Å². The zero-order valence-corrected chi connectivity index (χ0v) is 5.17. The van der Waals surface area contributed by atoms with Crippen LogP contribution in [0.3, 0.4) is 0 Å². The Morgan fingerprint density at radius 3 is 1.17 bits per heavy atom. The van der Waals surface area contributed by atoms with Crippen molar-refractivity contribution in [2.45, 2.75) is 0 Å². The predicted octanol–water partition coefficient (Wildman–Crippen LogP) is -0.134. The van der Waals surface area contributed by atoms with Crippen molar-refractivity contribution in [3.05, 3.63) is 0 Å². The van der Waals surface area contributed by atoms with Crippen LogP contribution in [0.4, 0.5) is 0 Å². The Bertz CT molecular complexity index is 10.8. The molecule has 0 aromatic heterocycles. The summed E-state index contributed by atoms with van der Waals surface area (Å²) in [4.78, 5) is 0. The molecular weight excluding hydrogens is 101 g/mol. The van der Waals surface area contributed by atoms with Crippen LogP contribution in [0, 0.1) is 0 Å². The standard InChI is InChI=1S/C2H7N.CH4O.ClH/c1-3-2;1-2;/h3H,1-2H3;2H,1H3;1H. The van der Waals surface area contributed by atoms with E-state index < -0.39 is 0 Å². The molecule has 2 nitrogen and oxygen atoms in total. The Balaban J connectivity index is -0.0000000275. The molecule has 6 heavy (non-hydrogen) atoms. The third-order valence-electron chi connectivity index (χ3n) is 0. The Morgan fingerprint density at radius 1 is 1.17 bits per heavy atom. The van der Waals surface area contributed by atoms with Crippen molar-refractivity contribution < 1.29 is 5.11 Å². The molecule has 0 unspecified atom stereocenters. The molecule has 0 fully saturated rings. The van der Waals surface area contributed by atoms with Crippen LogP contribution in [-0.2, 0) is 0 Å². The average molecular weight is 114 g/mol. The molecule has 42 valence electrons. The van der Waals surface area contributed by atoms with Gasteiger partial charge in [-0.05, 0) is 14.1 Å². The summed E-state index contributed by atoms with van der Waals surface area (Å²) in [6.07, 6.45) is 0. The predicted molar refractivity (Wildman–Crippen MR) is 30.4 cm³/mol. The second-order valence-corrected chi connectivity index (χ2v) is 0.500. The fraction of sp³-hybridized carbons (Fsp3) is 1.00. The first-order valence-corrected chi connectivity index (χ1v) is 1.45. The maximum absolute atomic E-state index is 7.00. The van der Waals surface area contributed by atoms with Crippen molar-refractivity contribution in [2.75, 3.05) is 21.2 Å². The van der Waals surface area contributed by atoms with Crippen LogP contribution < -0.4 is 5.32 Å². The highest BCUT2D eigenvalue weighted by molar-refractivity contribution is 5.85. The smallest absolute Gasteiger partial charge is 0.0319 e. The Kier molecular flexibility index (Phi) is 172. The summed E-state index contributed by atoms with van der Waals surface area (Å²) in [6.45, 7) is 0. The Hall–Kier alpha value is 0.210. The normalized spacial score (nSPS) is 4.00. The van der Waals surface area contributed by atoms with Crippen molar-refractivity contribution in [1.29, 1.82) is 0 Å². The van der Waals surface area contributed by atoms with Crippen LogP contribution in [0.5, 0.6) is 0 Å². The highest BCUT2D eigenvalue weighted by atomic mass is 35.5. The molecule has 3 heteroatoms. The van der Waals surface area contributed by atoms with E-state index in [2.05, 4.69) is 5.32 Å². The highest BCUT2D eigenvalue weighted by Crippen LogP contribution is 0.981. The van der Waals surface area contributed by atoms with E-state index in [-0.39, 0.29) is 12.4 Å². The van der Waals surface area contributed by atoms with E-state index in [1.807, 2.05) is 14.1 Å². The zero-order chi connectivity index (χ0) is 4.71. The number of hydrogen-bond acceptors (Lipinski definition) is 2. The number of nitrogens with one attached hydrogen (secondary N) is 1. The van der Waals surface area contributed by atoms with Crippen LogP contribution in [0.25, 0.3) is 0 Å². The summed E-state index contributed by atoms with van der Waals surface area (Å²) < 4.78 is 0. The molecule has 2 N–H and O–H groups in total. The van der Waals surface area contributed by atoms with Crippen molar-refractivity contribution in [3.8, 4) is 0 Å². The molecule has 0 heterocycles. The van der Waals surface area contributed by atoms with Gasteiger partial charge in [-0.15, -0.1) is 12.4 Å². The molecule has 0 aromatic rings. The zero-order valence-electron chi connectivity index (χ0n) is 4.36. The molecule has 0 aliphatic heterocycles. The fourth-order valence-corrected chi connectivity index (χ4v) is 0. The molecular formula is C3H12ClNO. The van der Waals surface area contributed by atoms with Gasteiger partial charge in [-0.3, -0.25) is 0 Å². The van der Waals surface area contributed by atoms with Gasteiger partial charge < -0.3 is 10.4 Å². The second kappa shape index (κ2) is 63.1. The van der Waals surface area contributed by atoms with Crippen LogP contribution in [0.15, 0.2) is 0 Å². The SMILES string of the molecule is CNC.CO.Cl. The number of rotatable bonds is 0. The largest absolute Gasteiger partial charge is 0.400 e. The average Bonchev–Trinajstić information content (AvgIpc) is 1.46. The van der Waals surface area contributed by atoms with Crippen LogP contribution in [0.1, 0.15) is 0 Å². The van der Waals surface area contributed by atoms with Crippen molar-refractivity contribution in [1.82, 2.24) is 5.32 Å². The lowest BCUT2D eigenvalue weighted by Crippen LogP contribution is -1.89. The lowest BCUT2D eigenvalue weighted by molar-refractivity contribution is 0.399. The second-order valence-electron chi connectivity index (χ2n) is 0.500. The molecule has 0 saturated heterocycles. The number of halogens is 1. The van der Waals surface area contributed by atoms with E-state index in [4.69, 9.17) is 5.11 Å². The van der Waals surface area contributed by atoms with Gasteiger partial charge in [0.15, 0.2) is 0 Å². The summed E-state index contributed by atoms with van der Waals surface area (Å²) in [5, 5.41) is 9.75. The molecule has 0 bridgehead atoms. The first-order valence-electron chi connectivity index (χ1n) is 1.45. The molecule has 0 aromatic carbocycles. The lowest BCUT2D eigenvalue weighted by Gasteiger charge is -1.59. The molecule has 0 aliphatic rings. The van der Waals surface area contributed by atoms with E-state index >= 15 is 0 Å². The molecule has 0 spiro atoms. The number of aliphatic hydroxyl groups is 1. The topological polar surface area (TPSA) is 32.3 Å². The Labute approximate surface area is 45.0 Å². The van der Waals surface area contributed by atoms with Crippen LogP contribution >= 0.6 is 12.4 Å². The van der Waals surface area contributed by atoms with Crippen molar-refractivity contribution in [2.24, 2.45) is 0 Å². The van der Waals surface area contributed by atoms with E-state index in [0.717, 1.165) is 7.11 Å². The molecule has 0 atom stereocenters. The quantitative estimate of drug-likeness (QED) is 0.459. The van der Waals surface area contributed by atoms with Gasteiger partial charge in [0.1, 0.15) is 0 Å². The number of aliphatic hydroxyl groups excluding tert-OH is 1. The maximum Gasteiger partial charge on any atom is 0.0319 e. The van der Waals surface area contributed by atoms with Gasteiger partial charge in [0, 0.05) is 7.11 Å². The minimum atomic E-state index is 0. The summed E-state index contributed by atoms with van der Waals surface area (Å²) in [5.41, 5.74) is 0. The first kappa shape index (κ1) is 16.4. The summed E-state index contributed by atoms with van der Waals surface area (Å²) in [5.74, 6) is 0. The third kappa shape index (κ3) is 984. The molecule has 0 aliphatic carbocycles. The first-order chi connectivity index (χ1) is 2.41. The van der Waals surface area contributed by atoms with Gasteiger partial charge in [0.05, 0.1) is 0 Å². The van der Waals surface area contributed by atoms with Gasteiger partial charge in [-0.25, -0.2) is 0 Å². The summed E-state index contributed by atoms with van der Waals surface area (Å²) >= 11 is 0. The van der Waals surface area contributed by atoms with Crippen molar-refractivity contribution in [3.63, 3.8) is 0 Å². The summed E-state index contributed by atoms with van der Waals surface area (Å²) in [7, 11) is 4.75. The number of hydrogen-bond donors (Lipinski definition) is 2. The monoisotopic (exact) mass is 113 g/mol. The lowest BCUT2D eigenvalue weighted by atomic mass is 11.3. The minimum absolute atomic E-state index is 0. The molecule has 0 radical (unpaired) electrons. The van der Waals surface area contributed by atoms with Crippen LogP contribution in [-0.4, -0.2) is 26.3 Å². The molecule has 0 rings (SSSR count). The summed E-state index contributed by atoms with van der Waals surface area (Å²) in [6, 6.07) is 0. The minimum Gasteiger partial charge on any atom is -0.400 e. The van der Waals surface area contributed by atoms with Crippen molar-refractivity contribution >= 4 is 12.4 Å². The van der Waals surface area contributed by atoms with E-state index in [1.165, 1.54) is 0 Å².